The molecule has 1 aromatic heterocycles. The van der Waals surface area contributed by atoms with Gasteiger partial charge in [-0.2, -0.15) is 0 Å². The molecule has 2 amide bonds. The average Bonchev–Trinajstić information content (AvgIpc) is 2.98. The molecule has 0 radical (unpaired) electrons. The van der Waals surface area contributed by atoms with Crippen molar-refractivity contribution in [3.8, 4) is 0 Å². The summed E-state index contributed by atoms with van der Waals surface area (Å²) in [7, 11) is 0. The number of aromatic nitrogens is 1. The van der Waals surface area contributed by atoms with Crippen LogP contribution < -0.4 is 5.32 Å². The van der Waals surface area contributed by atoms with Crippen LogP contribution in [-0.2, 0) is 16.1 Å². The maximum absolute atomic E-state index is 12.5. The topological polar surface area (TPSA) is 62.3 Å². The number of nitrogens with zero attached hydrogens (tertiary/aromatic N) is 2. The van der Waals surface area contributed by atoms with Gasteiger partial charge in [0.05, 0.1) is 17.7 Å². The van der Waals surface area contributed by atoms with E-state index in [1.165, 1.54) is 0 Å². The van der Waals surface area contributed by atoms with Crippen LogP contribution in [0.1, 0.15) is 30.6 Å². The van der Waals surface area contributed by atoms with E-state index in [-0.39, 0.29) is 30.2 Å². The number of carbonyl (C=O) groups is 2. The minimum Gasteiger partial charge on any atom is -0.348 e. The van der Waals surface area contributed by atoms with E-state index in [0.29, 0.717) is 18.1 Å². The summed E-state index contributed by atoms with van der Waals surface area (Å²) >= 11 is 6.16. The van der Waals surface area contributed by atoms with E-state index in [9.17, 15) is 9.59 Å². The number of halogens is 1. The number of hydrogen-bond donors (Lipinski definition) is 1. The Labute approximate surface area is 152 Å². The highest BCUT2D eigenvalue weighted by Crippen LogP contribution is 2.24. The highest BCUT2D eigenvalue weighted by atomic mass is 35.5. The fraction of sp³-hybridized carbons (Fsp3) is 0.316. The predicted molar refractivity (Wildman–Crippen MR) is 95.8 cm³/mol. The van der Waals surface area contributed by atoms with Crippen LogP contribution in [-0.4, -0.2) is 28.2 Å². The van der Waals surface area contributed by atoms with Crippen LogP contribution in [0.15, 0.2) is 48.7 Å². The molecular weight excluding hydrogens is 338 g/mol. The third-order valence-electron chi connectivity index (χ3n) is 4.39. The van der Waals surface area contributed by atoms with E-state index < -0.39 is 0 Å². The van der Waals surface area contributed by atoms with Crippen molar-refractivity contribution in [3.05, 3.63) is 64.9 Å². The van der Waals surface area contributed by atoms with E-state index >= 15 is 0 Å². The molecule has 3 rings (SSSR count). The van der Waals surface area contributed by atoms with Gasteiger partial charge in [-0.1, -0.05) is 35.9 Å². The molecule has 1 fully saturated rings. The fourth-order valence-electron chi connectivity index (χ4n) is 2.97. The Morgan fingerprint density at radius 1 is 1.32 bits per heavy atom. The largest absolute Gasteiger partial charge is 0.348 e. The van der Waals surface area contributed by atoms with E-state index in [4.69, 9.17) is 11.6 Å². The Morgan fingerprint density at radius 3 is 2.80 bits per heavy atom. The first-order chi connectivity index (χ1) is 12.0. The molecule has 1 aromatic carbocycles. The zero-order valence-electron chi connectivity index (χ0n) is 14.0. The molecule has 0 bridgehead atoms. The molecule has 1 N–H and O–H groups in total. The van der Waals surface area contributed by atoms with Crippen molar-refractivity contribution < 1.29 is 9.59 Å². The molecule has 0 aliphatic carbocycles. The molecule has 1 saturated heterocycles. The van der Waals surface area contributed by atoms with Crippen LogP contribution in [0.25, 0.3) is 0 Å². The second kappa shape index (κ2) is 7.66. The predicted octanol–water partition coefficient (Wildman–Crippen LogP) is 2.96. The molecular formula is C19H20ClN3O2. The van der Waals surface area contributed by atoms with Crippen molar-refractivity contribution >= 4 is 23.4 Å². The quantitative estimate of drug-likeness (QED) is 0.894. The summed E-state index contributed by atoms with van der Waals surface area (Å²) in [6.07, 6.45) is 1.92. The van der Waals surface area contributed by atoms with Crippen LogP contribution in [0.3, 0.4) is 0 Å². The number of amides is 2. The SMILES string of the molecule is C[C@@H](NC(=O)[C@H]1CC(=O)N(Cc2ccccc2Cl)C1)c1ccccn1. The molecule has 2 atom stereocenters. The van der Waals surface area contributed by atoms with Crippen LogP contribution in [0.2, 0.25) is 5.02 Å². The summed E-state index contributed by atoms with van der Waals surface area (Å²) in [5.74, 6) is -0.486. The van der Waals surface area contributed by atoms with Crippen molar-refractivity contribution in [2.24, 2.45) is 5.92 Å². The maximum Gasteiger partial charge on any atom is 0.225 e. The minimum absolute atomic E-state index is 0.0226. The Hall–Kier alpha value is -2.40. The van der Waals surface area contributed by atoms with Gasteiger partial charge in [-0.25, -0.2) is 0 Å². The molecule has 1 aliphatic heterocycles. The molecule has 5 nitrogen and oxygen atoms in total. The summed E-state index contributed by atoms with van der Waals surface area (Å²) in [6.45, 7) is 2.72. The fourth-order valence-corrected chi connectivity index (χ4v) is 3.17. The summed E-state index contributed by atoms with van der Waals surface area (Å²) in [5, 5.41) is 3.58. The zero-order chi connectivity index (χ0) is 17.8. The number of rotatable bonds is 5. The van der Waals surface area contributed by atoms with Crippen LogP contribution >= 0.6 is 11.6 Å². The van der Waals surface area contributed by atoms with Gasteiger partial charge in [-0.15, -0.1) is 0 Å². The summed E-state index contributed by atoms with van der Waals surface area (Å²) in [6, 6.07) is 12.8. The maximum atomic E-state index is 12.5. The van der Waals surface area contributed by atoms with E-state index in [1.54, 1.807) is 17.2 Å². The average molecular weight is 358 g/mol. The highest BCUT2D eigenvalue weighted by Gasteiger charge is 2.35. The van der Waals surface area contributed by atoms with Crippen molar-refractivity contribution in [3.63, 3.8) is 0 Å². The second-order valence-electron chi connectivity index (χ2n) is 6.25. The number of benzene rings is 1. The Kier molecular flexibility index (Phi) is 5.34. The van der Waals surface area contributed by atoms with Gasteiger partial charge in [0.25, 0.3) is 0 Å². The number of likely N-dealkylation sites (tertiary alicyclic amines) is 1. The molecule has 25 heavy (non-hydrogen) atoms. The molecule has 0 unspecified atom stereocenters. The summed E-state index contributed by atoms with van der Waals surface area (Å²) in [5.41, 5.74) is 1.69. The monoisotopic (exact) mass is 357 g/mol. The Balaban J connectivity index is 1.60. The standard InChI is InChI=1S/C19H20ClN3O2/c1-13(17-8-4-5-9-21-17)22-19(25)15-10-18(24)23(12-15)11-14-6-2-3-7-16(14)20/h2-9,13,15H,10-12H2,1H3,(H,22,25)/t13-,15+/m1/s1. The Bertz CT molecular complexity index is 766. The van der Waals surface area contributed by atoms with E-state index in [1.807, 2.05) is 43.3 Å². The van der Waals surface area contributed by atoms with Gasteiger partial charge >= 0.3 is 0 Å². The molecule has 130 valence electrons. The van der Waals surface area contributed by atoms with Gasteiger partial charge in [0.1, 0.15) is 0 Å². The second-order valence-corrected chi connectivity index (χ2v) is 6.66. The third kappa shape index (κ3) is 4.17. The molecule has 2 heterocycles. The molecule has 1 aliphatic rings. The van der Waals surface area contributed by atoms with Gasteiger partial charge in [0, 0.05) is 30.7 Å². The number of nitrogens with one attached hydrogen (secondary N) is 1. The van der Waals surface area contributed by atoms with Gasteiger partial charge in [0.2, 0.25) is 11.8 Å². The zero-order valence-corrected chi connectivity index (χ0v) is 14.7. The van der Waals surface area contributed by atoms with Gasteiger partial charge < -0.3 is 10.2 Å². The van der Waals surface area contributed by atoms with Crippen LogP contribution in [0, 0.1) is 5.92 Å². The van der Waals surface area contributed by atoms with Gasteiger partial charge in [-0.05, 0) is 30.7 Å². The first-order valence-corrected chi connectivity index (χ1v) is 8.65. The smallest absolute Gasteiger partial charge is 0.225 e. The number of carbonyl (C=O) groups excluding carboxylic acids is 2. The molecule has 0 spiro atoms. The number of hydrogen-bond acceptors (Lipinski definition) is 3. The van der Waals surface area contributed by atoms with Crippen molar-refractivity contribution in [1.82, 2.24) is 15.2 Å². The molecule has 6 heteroatoms. The first-order valence-electron chi connectivity index (χ1n) is 8.27. The van der Waals surface area contributed by atoms with Crippen molar-refractivity contribution in [2.45, 2.75) is 25.9 Å². The normalized spacial score (nSPS) is 18.2. The number of pyridine rings is 1. The molecule has 2 aromatic rings. The lowest BCUT2D eigenvalue weighted by atomic mass is 10.1. The van der Waals surface area contributed by atoms with Crippen LogP contribution in [0.4, 0.5) is 0 Å². The lowest BCUT2D eigenvalue weighted by Gasteiger charge is -2.19. The highest BCUT2D eigenvalue weighted by molar-refractivity contribution is 6.31. The lowest BCUT2D eigenvalue weighted by molar-refractivity contribution is -0.129. The van der Waals surface area contributed by atoms with E-state index in [0.717, 1.165) is 11.3 Å². The van der Waals surface area contributed by atoms with Gasteiger partial charge in [0.15, 0.2) is 0 Å². The van der Waals surface area contributed by atoms with Crippen LogP contribution in [0.5, 0.6) is 0 Å². The minimum atomic E-state index is -0.346. The van der Waals surface area contributed by atoms with Crippen molar-refractivity contribution in [2.75, 3.05) is 6.54 Å². The van der Waals surface area contributed by atoms with E-state index in [2.05, 4.69) is 10.3 Å². The Morgan fingerprint density at radius 2 is 2.08 bits per heavy atom. The van der Waals surface area contributed by atoms with Gasteiger partial charge in [-0.3, -0.25) is 14.6 Å². The summed E-state index contributed by atoms with van der Waals surface area (Å²) in [4.78, 5) is 30.7. The van der Waals surface area contributed by atoms with Crippen molar-refractivity contribution in [1.29, 1.82) is 0 Å². The molecule has 0 saturated carbocycles. The third-order valence-corrected chi connectivity index (χ3v) is 4.76. The first kappa shape index (κ1) is 17.4. The summed E-state index contributed by atoms with van der Waals surface area (Å²) < 4.78 is 0. The lowest BCUT2D eigenvalue weighted by Crippen LogP contribution is -2.34.